The molecule has 0 amide bonds. The zero-order valence-corrected chi connectivity index (χ0v) is 25.7. The summed E-state index contributed by atoms with van der Waals surface area (Å²) in [6, 6.07) is 3.65. The monoisotopic (exact) mass is 518 g/mol. The number of ether oxygens (including phenoxy) is 2. The summed E-state index contributed by atoms with van der Waals surface area (Å²) in [4.78, 5) is 0. The van der Waals surface area contributed by atoms with Crippen LogP contribution in [-0.2, 0) is 22.8 Å². The molecule has 0 radical (unpaired) electrons. The molecular weight excluding hydrogens is 460 g/mol. The molecule has 0 atom stereocenters. The predicted molar refractivity (Wildman–Crippen MR) is 148 cm³/mol. The Morgan fingerprint density at radius 3 is 1.44 bits per heavy atom. The van der Waals surface area contributed by atoms with Crippen molar-refractivity contribution in [2.24, 2.45) is 0 Å². The van der Waals surface area contributed by atoms with Crippen molar-refractivity contribution in [3.63, 3.8) is 0 Å². The summed E-state index contributed by atoms with van der Waals surface area (Å²) in [5.74, 6) is -1.00. The third-order valence-corrected chi connectivity index (χ3v) is 21.6. The molecule has 7 heteroatoms. The Hall–Kier alpha value is 0.234. The lowest BCUT2D eigenvalue weighted by Crippen LogP contribution is -2.75. The van der Waals surface area contributed by atoms with Gasteiger partial charge < -0.3 is 22.8 Å². The van der Waals surface area contributed by atoms with Crippen LogP contribution >= 0.6 is 0 Å². The van der Waals surface area contributed by atoms with E-state index in [2.05, 4.69) is 27.7 Å². The SMILES string of the molecule is CCCCCCCC[Si]1(CCCCCCCC)CCC(OCC)(OCC)O[Si]1(OCC)OCC. The predicted octanol–water partition coefficient (Wildman–Crippen LogP) is 8.39. The highest BCUT2D eigenvalue weighted by Crippen LogP contribution is 2.47. The van der Waals surface area contributed by atoms with E-state index in [1.165, 1.54) is 89.1 Å². The summed E-state index contributed by atoms with van der Waals surface area (Å²) >= 11 is 0. The van der Waals surface area contributed by atoms with Crippen LogP contribution in [0.4, 0.5) is 0 Å². The van der Waals surface area contributed by atoms with Gasteiger partial charge in [-0.1, -0.05) is 103 Å². The van der Waals surface area contributed by atoms with Crippen LogP contribution < -0.4 is 0 Å². The van der Waals surface area contributed by atoms with E-state index in [1.807, 2.05) is 13.8 Å². The van der Waals surface area contributed by atoms with Gasteiger partial charge in [0.25, 0.3) is 5.97 Å². The van der Waals surface area contributed by atoms with Gasteiger partial charge in [-0.2, -0.15) is 0 Å². The lowest BCUT2D eigenvalue weighted by Gasteiger charge is -2.53. The number of hydrogen-bond donors (Lipinski definition) is 0. The van der Waals surface area contributed by atoms with Gasteiger partial charge in [0.05, 0.1) is 0 Å². The molecule has 1 aliphatic rings. The summed E-state index contributed by atoms with van der Waals surface area (Å²) in [6.07, 6.45) is 16.7. The van der Waals surface area contributed by atoms with Crippen LogP contribution in [0, 0.1) is 0 Å². The van der Waals surface area contributed by atoms with Crippen LogP contribution in [0.2, 0.25) is 18.1 Å². The second-order valence-electron chi connectivity index (χ2n) is 9.89. The molecular formula is C27H58O5Si2. The minimum Gasteiger partial charge on any atom is -0.377 e. The van der Waals surface area contributed by atoms with Gasteiger partial charge in [0, 0.05) is 32.8 Å². The molecule has 0 spiro atoms. The quantitative estimate of drug-likeness (QED) is 0.0818. The standard InChI is InChI=1S/C27H58O5Si2/c1-7-13-15-17-19-21-24-33(25-22-20-18-16-14-8-2)26-23-27(28-9-3,29-10-4)32-34(33,30-11-5)31-12-6/h7-26H2,1-6H3. The van der Waals surface area contributed by atoms with E-state index in [-0.39, 0.29) is 0 Å². The summed E-state index contributed by atoms with van der Waals surface area (Å²) < 4.78 is 32.6. The second-order valence-corrected chi connectivity index (χ2v) is 20.9. The van der Waals surface area contributed by atoms with E-state index in [4.69, 9.17) is 22.8 Å². The van der Waals surface area contributed by atoms with E-state index >= 15 is 0 Å². The first kappa shape index (κ1) is 32.3. The first-order valence-electron chi connectivity index (χ1n) is 14.8. The summed E-state index contributed by atoms with van der Waals surface area (Å²) in [6.45, 7) is 15.2. The van der Waals surface area contributed by atoms with Gasteiger partial charge >= 0.3 is 8.32 Å². The van der Waals surface area contributed by atoms with Crippen molar-refractivity contribution >= 4 is 15.9 Å². The molecule has 0 aliphatic carbocycles. The van der Waals surface area contributed by atoms with E-state index in [9.17, 15) is 0 Å². The first-order valence-corrected chi connectivity index (χ1v) is 20.1. The lowest BCUT2D eigenvalue weighted by atomic mass is 10.1. The van der Waals surface area contributed by atoms with Crippen molar-refractivity contribution in [1.29, 1.82) is 0 Å². The van der Waals surface area contributed by atoms with Crippen molar-refractivity contribution in [2.75, 3.05) is 26.4 Å². The summed E-state index contributed by atoms with van der Waals surface area (Å²) in [7, 11) is -4.91. The van der Waals surface area contributed by atoms with Gasteiger partial charge in [0.2, 0.25) is 0 Å². The molecule has 1 saturated heterocycles. The van der Waals surface area contributed by atoms with Gasteiger partial charge in [-0.25, -0.2) is 0 Å². The average molecular weight is 519 g/mol. The summed E-state index contributed by atoms with van der Waals surface area (Å²) in [5.41, 5.74) is 0. The molecule has 204 valence electrons. The molecule has 34 heavy (non-hydrogen) atoms. The Labute approximate surface area is 214 Å². The molecule has 0 aromatic heterocycles. The van der Waals surface area contributed by atoms with Crippen LogP contribution in [0.25, 0.3) is 0 Å². The van der Waals surface area contributed by atoms with E-state index in [0.29, 0.717) is 26.4 Å². The van der Waals surface area contributed by atoms with Crippen molar-refractivity contribution in [3.8, 4) is 0 Å². The average Bonchev–Trinajstić information content (AvgIpc) is 2.81. The summed E-state index contributed by atoms with van der Waals surface area (Å²) in [5, 5.41) is 0. The van der Waals surface area contributed by atoms with Crippen LogP contribution in [0.3, 0.4) is 0 Å². The number of rotatable bonds is 22. The third-order valence-electron chi connectivity index (χ3n) is 7.26. The van der Waals surface area contributed by atoms with Crippen molar-refractivity contribution < 1.29 is 22.8 Å². The molecule has 0 aromatic carbocycles. The van der Waals surface area contributed by atoms with Crippen LogP contribution in [0.15, 0.2) is 0 Å². The van der Waals surface area contributed by atoms with Gasteiger partial charge in [0.15, 0.2) is 7.59 Å². The highest BCUT2D eigenvalue weighted by Gasteiger charge is 2.68. The van der Waals surface area contributed by atoms with Crippen molar-refractivity contribution in [3.05, 3.63) is 0 Å². The zero-order chi connectivity index (χ0) is 25.2. The fraction of sp³-hybridized carbons (Fsp3) is 1.00. The molecule has 1 rings (SSSR count). The van der Waals surface area contributed by atoms with E-state index in [0.717, 1.165) is 12.5 Å². The molecule has 0 aromatic rings. The molecule has 1 aliphatic heterocycles. The van der Waals surface area contributed by atoms with Gasteiger partial charge in [-0.15, -0.1) is 0 Å². The minimum absolute atomic E-state index is 0.562. The van der Waals surface area contributed by atoms with Gasteiger partial charge in [-0.3, -0.25) is 0 Å². The minimum atomic E-state index is -2.93. The normalized spacial score (nSPS) is 18.9. The second kappa shape index (κ2) is 18.5. The lowest BCUT2D eigenvalue weighted by molar-refractivity contribution is -0.358. The number of hydrogen-bond acceptors (Lipinski definition) is 5. The van der Waals surface area contributed by atoms with Crippen LogP contribution in [-0.4, -0.2) is 48.3 Å². The highest BCUT2D eigenvalue weighted by atomic mass is 29.3. The molecule has 0 unspecified atom stereocenters. The maximum Gasteiger partial charge on any atom is 0.474 e. The van der Waals surface area contributed by atoms with Gasteiger partial charge in [0.1, 0.15) is 0 Å². The third kappa shape index (κ3) is 9.94. The Balaban J connectivity index is 3.13. The molecule has 0 N–H and O–H groups in total. The van der Waals surface area contributed by atoms with Crippen LogP contribution in [0.5, 0.6) is 0 Å². The fourth-order valence-electron chi connectivity index (χ4n) is 5.55. The fourth-order valence-corrected chi connectivity index (χ4v) is 20.3. The highest BCUT2D eigenvalue weighted by molar-refractivity contribution is 7.35. The maximum absolute atomic E-state index is 6.94. The number of unbranched alkanes of at least 4 members (excludes halogenated alkanes) is 10. The maximum atomic E-state index is 6.94. The van der Waals surface area contributed by atoms with Gasteiger partial charge in [-0.05, 0) is 33.7 Å². The first-order chi connectivity index (χ1) is 16.5. The Morgan fingerprint density at radius 1 is 0.588 bits per heavy atom. The molecule has 0 saturated carbocycles. The molecule has 1 heterocycles. The van der Waals surface area contributed by atoms with Crippen LogP contribution in [0.1, 0.15) is 125 Å². The Kier molecular flexibility index (Phi) is 17.5. The van der Waals surface area contributed by atoms with E-state index < -0.39 is 21.9 Å². The Morgan fingerprint density at radius 2 is 1.03 bits per heavy atom. The van der Waals surface area contributed by atoms with Crippen molar-refractivity contribution in [1.82, 2.24) is 0 Å². The largest absolute Gasteiger partial charge is 0.474 e. The molecule has 5 nitrogen and oxygen atoms in total. The smallest absolute Gasteiger partial charge is 0.377 e. The Bertz CT molecular complexity index is 464. The van der Waals surface area contributed by atoms with E-state index in [1.54, 1.807) is 0 Å². The zero-order valence-electron chi connectivity index (χ0n) is 23.7. The topological polar surface area (TPSA) is 46.2 Å². The molecule has 1 fully saturated rings. The van der Waals surface area contributed by atoms with Crippen molar-refractivity contribution in [2.45, 2.75) is 149 Å². The molecule has 0 bridgehead atoms.